The maximum Gasteiger partial charge on any atom is 0.214 e. The fourth-order valence-corrected chi connectivity index (χ4v) is 3.11. The Kier molecular flexibility index (Phi) is 7.60. The van der Waals surface area contributed by atoms with Crippen molar-refractivity contribution in [3.63, 3.8) is 0 Å². The van der Waals surface area contributed by atoms with Crippen molar-refractivity contribution in [1.29, 1.82) is 0 Å². The number of aromatic nitrogens is 1. The molecule has 144 valence electrons. The molecule has 0 fully saturated rings. The van der Waals surface area contributed by atoms with Crippen LogP contribution in [0.2, 0.25) is 0 Å². The number of hydrogen-bond donors (Lipinski definition) is 1. The van der Waals surface area contributed by atoms with Crippen LogP contribution < -0.4 is 9.47 Å². The van der Waals surface area contributed by atoms with Crippen LogP contribution in [0.1, 0.15) is 56.3 Å². The van der Waals surface area contributed by atoms with Gasteiger partial charge in [-0.15, -0.1) is 0 Å². The smallest absolute Gasteiger partial charge is 0.214 e. The lowest BCUT2D eigenvalue weighted by Crippen LogP contribution is -2.29. The number of ether oxygens (including phenoxy) is 3. The first-order valence-corrected chi connectivity index (χ1v) is 9.15. The van der Waals surface area contributed by atoms with E-state index in [9.17, 15) is 9.90 Å². The first kappa shape index (κ1) is 20.4. The van der Waals surface area contributed by atoms with E-state index in [0.717, 1.165) is 43.1 Å². The second kappa shape index (κ2) is 9.69. The molecule has 1 heterocycles. The van der Waals surface area contributed by atoms with Crippen LogP contribution in [-0.4, -0.2) is 48.9 Å². The number of hydrogen-bond acceptors (Lipinski definition) is 6. The van der Waals surface area contributed by atoms with Crippen LogP contribution in [0, 0.1) is 0 Å². The zero-order chi connectivity index (χ0) is 19.0. The van der Waals surface area contributed by atoms with Crippen molar-refractivity contribution >= 4 is 6.29 Å². The zero-order valence-corrected chi connectivity index (χ0v) is 15.9. The normalized spacial score (nSPS) is 16.9. The van der Waals surface area contributed by atoms with Crippen molar-refractivity contribution in [2.75, 3.05) is 26.9 Å². The molecule has 1 aliphatic rings. The molecule has 0 aromatic carbocycles. The van der Waals surface area contributed by atoms with Crippen LogP contribution in [0.3, 0.4) is 0 Å². The van der Waals surface area contributed by atoms with Gasteiger partial charge in [0.2, 0.25) is 5.88 Å². The second-order valence-corrected chi connectivity index (χ2v) is 6.72. The monoisotopic (exact) mass is 363 g/mol. The molecule has 1 aromatic heterocycles. The van der Waals surface area contributed by atoms with Crippen LogP contribution >= 0.6 is 0 Å². The number of aliphatic hydroxyl groups is 1. The third-order valence-corrected chi connectivity index (χ3v) is 4.86. The van der Waals surface area contributed by atoms with Crippen molar-refractivity contribution < 1.29 is 24.1 Å². The maximum absolute atomic E-state index is 11.4. The van der Waals surface area contributed by atoms with Gasteiger partial charge in [0.25, 0.3) is 0 Å². The summed E-state index contributed by atoms with van der Waals surface area (Å²) in [5.74, 6) is 0.788. The van der Waals surface area contributed by atoms with Gasteiger partial charge >= 0.3 is 0 Å². The number of carbonyl (C=O) groups is 1. The van der Waals surface area contributed by atoms with Gasteiger partial charge in [0.15, 0.2) is 6.29 Å². The fourth-order valence-electron chi connectivity index (χ4n) is 3.11. The van der Waals surface area contributed by atoms with Gasteiger partial charge in [-0.2, -0.15) is 0 Å². The summed E-state index contributed by atoms with van der Waals surface area (Å²) in [6, 6.07) is 1.57. The number of methoxy groups -OCH3 is 1. The molecule has 1 unspecified atom stereocenters. The lowest BCUT2D eigenvalue weighted by molar-refractivity contribution is 0.0861. The summed E-state index contributed by atoms with van der Waals surface area (Å²) in [4.78, 5) is 15.6. The highest BCUT2D eigenvalue weighted by Gasteiger charge is 2.28. The number of carbonyl (C=O) groups excluding carboxylic acids is 1. The summed E-state index contributed by atoms with van der Waals surface area (Å²) in [7, 11) is 1.59. The summed E-state index contributed by atoms with van der Waals surface area (Å²) in [6.07, 6.45) is 6.89. The summed E-state index contributed by atoms with van der Waals surface area (Å²) >= 11 is 0. The van der Waals surface area contributed by atoms with Gasteiger partial charge in [-0.05, 0) is 50.2 Å². The van der Waals surface area contributed by atoms with Crippen LogP contribution in [0.4, 0.5) is 0 Å². The standard InChI is InChI=1S/C20H29NO5/c1-4-20(2,23)17-8-6-5-7-15(17)14-26-18-12-21-19(11-16(18)13-22)25-10-9-24-3/h11-13,23H,4-10,14H2,1-3H3. The van der Waals surface area contributed by atoms with Gasteiger partial charge in [0.1, 0.15) is 19.0 Å². The summed E-state index contributed by atoms with van der Waals surface area (Å²) in [5, 5.41) is 10.6. The van der Waals surface area contributed by atoms with E-state index in [-0.39, 0.29) is 0 Å². The van der Waals surface area contributed by atoms with Crippen LogP contribution in [0.25, 0.3) is 0 Å². The summed E-state index contributed by atoms with van der Waals surface area (Å²) in [5.41, 5.74) is 1.79. The third-order valence-electron chi connectivity index (χ3n) is 4.86. The molecule has 1 aliphatic carbocycles. The van der Waals surface area contributed by atoms with Gasteiger partial charge in [0.05, 0.1) is 24.0 Å². The first-order chi connectivity index (χ1) is 12.5. The van der Waals surface area contributed by atoms with E-state index in [2.05, 4.69) is 4.98 Å². The Balaban J connectivity index is 2.11. The Hall–Kier alpha value is -1.92. The molecule has 1 aromatic rings. The minimum atomic E-state index is -0.802. The van der Waals surface area contributed by atoms with Gasteiger partial charge < -0.3 is 19.3 Å². The molecule has 0 bridgehead atoms. The number of pyridine rings is 1. The summed E-state index contributed by atoms with van der Waals surface area (Å²) in [6.45, 7) is 5.02. The van der Waals surface area contributed by atoms with Crippen molar-refractivity contribution in [3.05, 3.63) is 29.0 Å². The van der Waals surface area contributed by atoms with E-state index in [4.69, 9.17) is 14.2 Å². The van der Waals surface area contributed by atoms with Crippen LogP contribution in [0.15, 0.2) is 23.4 Å². The molecule has 1 atom stereocenters. The minimum absolute atomic E-state index is 0.359. The van der Waals surface area contributed by atoms with E-state index < -0.39 is 5.60 Å². The molecule has 0 saturated heterocycles. The molecule has 1 N–H and O–H groups in total. The highest BCUT2D eigenvalue weighted by molar-refractivity contribution is 5.79. The largest absolute Gasteiger partial charge is 0.487 e. The number of aldehydes is 1. The number of nitrogens with zero attached hydrogens (tertiary/aromatic N) is 1. The molecular weight excluding hydrogens is 334 g/mol. The Labute approximate surface area is 155 Å². The molecule has 6 nitrogen and oxygen atoms in total. The Morgan fingerprint density at radius 1 is 1.27 bits per heavy atom. The Morgan fingerprint density at radius 3 is 2.73 bits per heavy atom. The van der Waals surface area contributed by atoms with Crippen molar-refractivity contribution in [2.24, 2.45) is 0 Å². The molecule has 0 aliphatic heterocycles. The summed E-state index contributed by atoms with van der Waals surface area (Å²) < 4.78 is 16.2. The molecule has 0 spiro atoms. The van der Waals surface area contributed by atoms with Gasteiger partial charge in [0, 0.05) is 13.2 Å². The lowest BCUT2D eigenvalue weighted by atomic mass is 9.81. The average molecular weight is 363 g/mol. The van der Waals surface area contributed by atoms with Crippen molar-refractivity contribution in [3.8, 4) is 11.6 Å². The number of rotatable bonds is 10. The van der Waals surface area contributed by atoms with E-state index in [1.54, 1.807) is 13.2 Å². The van der Waals surface area contributed by atoms with Crippen molar-refractivity contribution in [2.45, 2.75) is 51.6 Å². The fraction of sp³-hybridized carbons (Fsp3) is 0.600. The molecule has 0 radical (unpaired) electrons. The second-order valence-electron chi connectivity index (χ2n) is 6.72. The van der Waals surface area contributed by atoms with E-state index in [1.807, 2.05) is 13.8 Å². The third kappa shape index (κ3) is 5.29. The van der Waals surface area contributed by atoms with E-state index in [1.165, 1.54) is 6.20 Å². The SMILES string of the molecule is CCC(C)(O)C1=C(COc2cnc(OCCOC)cc2C=O)CCCC1. The highest BCUT2D eigenvalue weighted by atomic mass is 16.5. The lowest BCUT2D eigenvalue weighted by Gasteiger charge is -2.31. The predicted molar refractivity (Wildman–Crippen MR) is 98.9 cm³/mol. The van der Waals surface area contributed by atoms with E-state index in [0.29, 0.717) is 43.4 Å². The molecule has 2 rings (SSSR count). The molecule has 6 heteroatoms. The van der Waals surface area contributed by atoms with Gasteiger partial charge in [-0.3, -0.25) is 4.79 Å². The topological polar surface area (TPSA) is 77.9 Å². The molecule has 26 heavy (non-hydrogen) atoms. The van der Waals surface area contributed by atoms with Crippen molar-refractivity contribution in [1.82, 2.24) is 4.98 Å². The Morgan fingerprint density at radius 2 is 2.04 bits per heavy atom. The van der Waals surface area contributed by atoms with Gasteiger partial charge in [-0.1, -0.05) is 6.92 Å². The molecular formula is C20H29NO5. The van der Waals surface area contributed by atoms with Crippen LogP contribution in [-0.2, 0) is 4.74 Å². The average Bonchev–Trinajstić information content (AvgIpc) is 2.67. The zero-order valence-electron chi connectivity index (χ0n) is 15.9. The quantitative estimate of drug-likeness (QED) is 0.390. The molecule has 0 amide bonds. The highest BCUT2D eigenvalue weighted by Crippen LogP contribution is 2.34. The molecule has 0 saturated carbocycles. The first-order valence-electron chi connectivity index (χ1n) is 9.15. The minimum Gasteiger partial charge on any atom is -0.487 e. The Bertz CT molecular complexity index is 639. The van der Waals surface area contributed by atoms with Gasteiger partial charge in [-0.25, -0.2) is 4.98 Å². The predicted octanol–water partition coefficient (Wildman–Crippen LogP) is 3.33. The van der Waals surface area contributed by atoms with E-state index >= 15 is 0 Å². The maximum atomic E-state index is 11.4. The van der Waals surface area contributed by atoms with Crippen LogP contribution in [0.5, 0.6) is 11.6 Å².